The van der Waals surface area contributed by atoms with Gasteiger partial charge in [0.1, 0.15) is 10.9 Å². The molecule has 2 aromatic carbocycles. The summed E-state index contributed by atoms with van der Waals surface area (Å²) in [6, 6.07) is 16.2. The lowest BCUT2D eigenvalue weighted by atomic mass is 10.0. The number of carbonyl (C=O) groups excluding carboxylic acids is 1. The molecule has 0 unspecified atom stereocenters. The summed E-state index contributed by atoms with van der Waals surface area (Å²) in [5.74, 6) is 0.644. The number of hydrogen-bond acceptors (Lipinski definition) is 5. The van der Waals surface area contributed by atoms with E-state index in [2.05, 4.69) is 16.9 Å². The molecular formula is C24H27N3O3S2. The van der Waals surface area contributed by atoms with Gasteiger partial charge in [0.15, 0.2) is 5.03 Å². The number of benzene rings is 2. The van der Waals surface area contributed by atoms with Crippen molar-refractivity contribution in [2.24, 2.45) is 0 Å². The number of piperidine rings is 1. The van der Waals surface area contributed by atoms with Gasteiger partial charge in [-0.25, -0.2) is 13.4 Å². The van der Waals surface area contributed by atoms with Gasteiger partial charge in [0.25, 0.3) is 0 Å². The van der Waals surface area contributed by atoms with Gasteiger partial charge in [0.05, 0.1) is 10.6 Å². The van der Waals surface area contributed by atoms with Gasteiger partial charge in [-0.2, -0.15) is 0 Å². The highest BCUT2D eigenvalue weighted by atomic mass is 32.2. The largest absolute Gasteiger partial charge is 0.339 e. The Balaban J connectivity index is 1.66. The average Bonchev–Trinajstić information content (AvgIpc) is 3.24. The van der Waals surface area contributed by atoms with Crippen molar-refractivity contribution in [3.8, 4) is 11.4 Å². The van der Waals surface area contributed by atoms with Gasteiger partial charge >= 0.3 is 0 Å². The van der Waals surface area contributed by atoms with Crippen molar-refractivity contribution in [3.63, 3.8) is 0 Å². The smallest absolute Gasteiger partial charge is 0.233 e. The zero-order valence-corrected chi connectivity index (χ0v) is 19.9. The molecule has 168 valence electrons. The van der Waals surface area contributed by atoms with E-state index in [1.165, 1.54) is 11.8 Å². The minimum Gasteiger partial charge on any atom is -0.339 e. The van der Waals surface area contributed by atoms with Crippen molar-refractivity contribution in [2.75, 3.05) is 12.3 Å². The van der Waals surface area contributed by atoms with E-state index in [0.29, 0.717) is 10.9 Å². The summed E-state index contributed by atoms with van der Waals surface area (Å²) >= 11 is 1.18. The minimum atomic E-state index is -3.81. The Kier molecular flexibility index (Phi) is 6.71. The average molecular weight is 470 g/mol. The van der Waals surface area contributed by atoms with Crippen LogP contribution in [0.25, 0.3) is 11.4 Å². The SMILES string of the molecule is Cc1ccc(-c2nc(SCC(=O)N3CCCC[C@H]3C)c(S(=O)(=O)c3ccccc3)[nH]2)cc1. The molecule has 1 aromatic heterocycles. The quantitative estimate of drug-likeness (QED) is 0.529. The number of aryl methyl sites for hydroxylation is 1. The number of amides is 1. The maximum Gasteiger partial charge on any atom is 0.233 e. The summed E-state index contributed by atoms with van der Waals surface area (Å²) < 4.78 is 26.7. The summed E-state index contributed by atoms with van der Waals surface area (Å²) in [4.78, 5) is 22.6. The van der Waals surface area contributed by atoms with E-state index < -0.39 is 9.84 Å². The van der Waals surface area contributed by atoms with E-state index in [1.807, 2.05) is 36.1 Å². The van der Waals surface area contributed by atoms with Crippen LogP contribution >= 0.6 is 11.8 Å². The number of imidazole rings is 1. The maximum atomic E-state index is 13.4. The Bertz CT molecular complexity index is 1190. The van der Waals surface area contributed by atoms with Gasteiger partial charge in [-0.15, -0.1) is 0 Å². The highest BCUT2D eigenvalue weighted by Crippen LogP contribution is 2.32. The Hall–Kier alpha value is -2.58. The van der Waals surface area contributed by atoms with Crippen molar-refractivity contribution in [1.29, 1.82) is 0 Å². The van der Waals surface area contributed by atoms with Crippen LogP contribution in [0.2, 0.25) is 0 Å². The van der Waals surface area contributed by atoms with Gasteiger partial charge in [-0.3, -0.25) is 4.79 Å². The standard InChI is InChI=1S/C24H27N3O3S2/c1-17-11-13-19(14-12-17)22-25-23(31-16-21(28)27-15-7-6-8-18(27)2)24(26-22)32(29,30)20-9-4-3-5-10-20/h3-5,9-14,18H,6-8,15-16H2,1-2H3,(H,25,26)/t18-/m1/s1. The van der Waals surface area contributed by atoms with Gasteiger partial charge in [0.2, 0.25) is 15.7 Å². The topological polar surface area (TPSA) is 83.1 Å². The predicted molar refractivity (Wildman–Crippen MR) is 126 cm³/mol. The van der Waals surface area contributed by atoms with Crippen LogP contribution in [0.5, 0.6) is 0 Å². The van der Waals surface area contributed by atoms with Crippen LogP contribution in [0.1, 0.15) is 31.7 Å². The number of nitrogens with zero attached hydrogens (tertiary/aromatic N) is 2. The lowest BCUT2D eigenvalue weighted by molar-refractivity contribution is -0.131. The van der Waals surface area contributed by atoms with E-state index in [1.54, 1.807) is 30.3 Å². The normalized spacial score (nSPS) is 16.8. The summed E-state index contributed by atoms with van der Waals surface area (Å²) in [5.41, 5.74) is 1.90. The molecule has 0 aliphatic carbocycles. The van der Waals surface area contributed by atoms with Gasteiger partial charge < -0.3 is 9.88 Å². The molecule has 1 atom stereocenters. The Morgan fingerprint density at radius 1 is 1.12 bits per heavy atom. The minimum absolute atomic E-state index is 0.0187. The first-order valence-electron chi connectivity index (χ1n) is 10.8. The number of aromatic amines is 1. The van der Waals surface area contributed by atoms with E-state index in [4.69, 9.17) is 0 Å². The van der Waals surface area contributed by atoms with Gasteiger partial charge in [-0.1, -0.05) is 59.8 Å². The molecule has 2 heterocycles. The number of nitrogens with one attached hydrogen (secondary N) is 1. The third-order valence-electron chi connectivity index (χ3n) is 5.74. The number of carbonyl (C=O) groups is 1. The lowest BCUT2D eigenvalue weighted by Crippen LogP contribution is -2.42. The molecule has 1 N–H and O–H groups in total. The van der Waals surface area contributed by atoms with Crippen LogP contribution in [0.4, 0.5) is 0 Å². The molecule has 0 saturated carbocycles. The van der Waals surface area contributed by atoms with Crippen LogP contribution in [0.15, 0.2) is 69.5 Å². The molecule has 0 radical (unpaired) electrons. The summed E-state index contributed by atoms with van der Waals surface area (Å²) in [5, 5.41) is 0.353. The number of hydrogen-bond donors (Lipinski definition) is 1. The van der Waals surface area contributed by atoms with E-state index in [-0.39, 0.29) is 27.6 Å². The highest BCUT2D eigenvalue weighted by Gasteiger charge is 2.28. The second-order valence-electron chi connectivity index (χ2n) is 8.12. The van der Waals surface area contributed by atoms with Crippen LogP contribution in [-0.2, 0) is 14.6 Å². The fourth-order valence-electron chi connectivity index (χ4n) is 3.87. The molecule has 3 aromatic rings. The number of H-pyrrole nitrogens is 1. The number of likely N-dealkylation sites (tertiary alicyclic amines) is 1. The third kappa shape index (κ3) is 4.76. The number of rotatable bonds is 6. The molecular weight excluding hydrogens is 442 g/mol. The number of sulfone groups is 1. The van der Waals surface area contributed by atoms with E-state index in [0.717, 1.165) is 36.9 Å². The molecule has 4 rings (SSSR count). The van der Waals surface area contributed by atoms with Crippen molar-refractivity contribution >= 4 is 27.5 Å². The van der Waals surface area contributed by atoms with Crippen molar-refractivity contribution in [2.45, 2.75) is 54.1 Å². The first kappa shape index (κ1) is 22.6. The highest BCUT2D eigenvalue weighted by molar-refractivity contribution is 8.00. The number of thioether (sulfide) groups is 1. The zero-order chi connectivity index (χ0) is 22.7. The Morgan fingerprint density at radius 2 is 1.84 bits per heavy atom. The molecule has 32 heavy (non-hydrogen) atoms. The van der Waals surface area contributed by atoms with Crippen LogP contribution in [0, 0.1) is 6.92 Å². The summed E-state index contributed by atoms with van der Waals surface area (Å²) in [6.07, 6.45) is 3.15. The first-order valence-corrected chi connectivity index (χ1v) is 13.2. The molecule has 1 amide bonds. The molecule has 0 spiro atoms. The molecule has 8 heteroatoms. The van der Waals surface area contributed by atoms with Crippen LogP contribution < -0.4 is 0 Å². The van der Waals surface area contributed by atoms with E-state index in [9.17, 15) is 13.2 Å². The van der Waals surface area contributed by atoms with Crippen LogP contribution in [-0.4, -0.2) is 47.5 Å². The molecule has 1 aliphatic heterocycles. The van der Waals surface area contributed by atoms with E-state index >= 15 is 0 Å². The Labute approximate surface area is 193 Å². The fourth-order valence-corrected chi connectivity index (χ4v) is 6.40. The summed E-state index contributed by atoms with van der Waals surface area (Å²) in [6.45, 7) is 4.81. The van der Waals surface area contributed by atoms with Crippen LogP contribution in [0.3, 0.4) is 0 Å². The maximum absolute atomic E-state index is 13.4. The van der Waals surface area contributed by atoms with Gasteiger partial charge in [0, 0.05) is 18.2 Å². The van der Waals surface area contributed by atoms with Gasteiger partial charge in [-0.05, 0) is 45.2 Å². The molecule has 1 aliphatic rings. The first-order chi connectivity index (χ1) is 15.4. The molecule has 1 saturated heterocycles. The molecule has 0 bridgehead atoms. The molecule has 6 nitrogen and oxygen atoms in total. The second-order valence-corrected chi connectivity index (χ2v) is 11.0. The monoisotopic (exact) mass is 469 g/mol. The lowest BCUT2D eigenvalue weighted by Gasteiger charge is -2.33. The zero-order valence-electron chi connectivity index (χ0n) is 18.2. The Morgan fingerprint density at radius 3 is 2.53 bits per heavy atom. The summed E-state index contributed by atoms with van der Waals surface area (Å²) in [7, 11) is -3.81. The number of aromatic nitrogens is 2. The van der Waals surface area contributed by atoms with Crippen molar-refractivity contribution in [3.05, 3.63) is 60.2 Å². The van der Waals surface area contributed by atoms with Crippen molar-refractivity contribution < 1.29 is 13.2 Å². The van der Waals surface area contributed by atoms with Crippen molar-refractivity contribution in [1.82, 2.24) is 14.9 Å². The molecule has 1 fully saturated rings. The fraction of sp³-hybridized carbons (Fsp3) is 0.333. The predicted octanol–water partition coefficient (Wildman–Crippen LogP) is 4.71. The second kappa shape index (κ2) is 9.50. The third-order valence-corrected chi connectivity index (χ3v) is 8.56.